The van der Waals surface area contributed by atoms with Crippen molar-refractivity contribution >= 4 is 11.9 Å². The molecule has 0 bridgehead atoms. The summed E-state index contributed by atoms with van der Waals surface area (Å²) in [5.74, 6) is -1.01. The minimum atomic E-state index is -0.884. The molecule has 1 amide bonds. The Morgan fingerprint density at radius 2 is 2.11 bits per heavy atom. The molecule has 0 aliphatic heterocycles. The summed E-state index contributed by atoms with van der Waals surface area (Å²) in [4.78, 5) is 22.4. The Hall–Kier alpha value is -1.85. The van der Waals surface area contributed by atoms with Gasteiger partial charge in [-0.3, -0.25) is 14.3 Å². The van der Waals surface area contributed by atoms with E-state index in [2.05, 4.69) is 10.4 Å². The van der Waals surface area contributed by atoms with E-state index in [0.29, 0.717) is 13.1 Å². The van der Waals surface area contributed by atoms with Gasteiger partial charge in [0.05, 0.1) is 19.2 Å². The number of rotatable bonds is 7. The zero-order valence-corrected chi connectivity index (χ0v) is 11.6. The Morgan fingerprint density at radius 1 is 1.42 bits per heavy atom. The predicted octanol–water partition coefficient (Wildman–Crippen LogP) is 1.20. The molecule has 1 rings (SSSR count). The fourth-order valence-corrected chi connectivity index (χ4v) is 1.87. The van der Waals surface area contributed by atoms with E-state index in [1.165, 1.54) is 0 Å². The molecule has 0 unspecified atom stereocenters. The molecule has 0 atom stereocenters. The molecule has 0 spiro atoms. The van der Waals surface area contributed by atoms with Crippen molar-refractivity contribution in [3.8, 4) is 0 Å². The largest absolute Gasteiger partial charge is 0.481 e. The van der Waals surface area contributed by atoms with Crippen LogP contribution in [0.2, 0.25) is 0 Å². The van der Waals surface area contributed by atoms with Crippen LogP contribution >= 0.6 is 0 Å². The van der Waals surface area contributed by atoms with Crippen molar-refractivity contribution in [2.75, 3.05) is 6.54 Å². The molecule has 0 aromatic carbocycles. The number of carboxylic acid groups (broad SMARTS) is 1. The minimum absolute atomic E-state index is 0.0151. The Balaban J connectivity index is 2.29. The van der Waals surface area contributed by atoms with Crippen LogP contribution in [0.15, 0.2) is 12.4 Å². The Bertz CT molecular complexity index is 452. The molecule has 1 aromatic heterocycles. The number of hydrogen-bond donors (Lipinski definition) is 2. The normalized spacial score (nSPS) is 11.3. The highest BCUT2D eigenvalue weighted by molar-refractivity contribution is 5.77. The fourth-order valence-electron chi connectivity index (χ4n) is 1.87. The molecular formula is C13H21N3O3. The zero-order chi connectivity index (χ0) is 14.5. The molecule has 0 saturated heterocycles. The highest BCUT2D eigenvalue weighted by Crippen LogP contribution is 2.24. The molecule has 0 aliphatic rings. The average Bonchev–Trinajstić information content (AvgIpc) is 2.61. The fraction of sp³-hybridized carbons (Fsp3) is 0.615. The van der Waals surface area contributed by atoms with E-state index in [0.717, 1.165) is 5.56 Å². The quantitative estimate of drug-likeness (QED) is 0.777. The maximum absolute atomic E-state index is 11.7. The van der Waals surface area contributed by atoms with E-state index < -0.39 is 11.4 Å². The minimum Gasteiger partial charge on any atom is -0.481 e. The number of hydrogen-bond acceptors (Lipinski definition) is 3. The molecule has 6 heteroatoms. The van der Waals surface area contributed by atoms with Gasteiger partial charge in [-0.1, -0.05) is 13.8 Å². The first kappa shape index (κ1) is 15.2. The lowest BCUT2D eigenvalue weighted by Crippen LogP contribution is -2.32. The van der Waals surface area contributed by atoms with Crippen LogP contribution in [0.4, 0.5) is 0 Å². The maximum Gasteiger partial charge on any atom is 0.303 e. The van der Waals surface area contributed by atoms with Crippen LogP contribution in [0.25, 0.3) is 0 Å². The summed E-state index contributed by atoms with van der Waals surface area (Å²) < 4.78 is 1.76. The van der Waals surface area contributed by atoms with Gasteiger partial charge in [0.15, 0.2) is 0 Å². The first-order chi connectivity index (χ1) is 8.78. The summed E-state index contributed by atoms with van der Waals surface area (Å²) in [6.07, 6.45) is 3.86. The standard InChI is InChI=1S/C13H21N3O3/c1-10-8-15-16(9-10)5-4-14-11(17)6-13(2,3)7-12(18)19/h8-9H,4-7H2,1-3H3,(H,14,17)(H,18,19). The monoisotopic (exact) mass is 267 g/mol. The van der Waals surface area contributed by atoms with Crippen molar-refractivity contribution in [1.29, 1.82) is 0 Å². The number of aliphatic carboxylic acids is 1. The third-order valence-corrected chi connectivity index (χ3v) is 2.69. The maximum atomic E-state index is 11.7. The Morgan fingerprint density at radius 3 is 2.63 bits per heavy atom. The molecular weight excluding hydrogens is 246 g/mol. The van der Waals surface area contributed by atoms with Crippen LogP contribution in [-0.2, 0) is 16.1 Å². The van der Waals surface area contributed by atoms with Crippen LogP contribution < -0.4 is 5.32 Å². The van der Waals surface area contributed by atoms with Gasteiger partial charge in [0.1, 0.15) is 0 Å². The molecule has 1 aromatic rings. The van der Waals surface area contributed by atoms with E-state index in [-0.39, 0.29) is 18.7 Å². The molecule has 6 nitrogen and oxygen atoms in total. The number of aryl methyl sites for hydroxylation is 1. The lowest BCUT2D eigenvalue weighted by Gasteiger charge is -2.21. The van der Waals surface area contributed by atoms with Crippen LogP contribution in [-0.4, -0.2) is 33.3 Å². The third kappa shape index (κ3) is 6.03. The number of carbonyl (C=O) groups excluding carboxylic acids is 1. The molecule has 19 heavy (non-hydrogen) atoms. The highest BCUT2D eigenvalue weighted by Gasteiger charge is 2.24. The van der Waals surface area contributed by atoms with Gasteiger partial charge in [0, 0.05) is 19.2 Å². The molecule has 0 radical (unpaired) electrons. The molecule has 106 valence electrons. The van der Waals surface area contributed by atoms with Crippen LogP contribution in [0.5, 0.6) is 0 Å². The van der Waals surface area contributed by atoms with Crippen molar-refractivity contribution in [3.63, 3.8) is 0 Å². The lowest BCUT2D eigenvalue weighted by molar-refractivity contribution is -0.139. The Labute approximate surface area is 112 Å². The van der Waals surface area contributed by atoms with E-state index >= 15 is 0 Å². The van der Waals surface area contributed by atoms with Crippen molar-refractivity contribution < 1.29 is 14.7 Å². The number of nitrogens with one attached hydrogen (secondary N) is 1. The number of carboxylic acids is 1. The molecule has 0 saturated carbocycles. The summed E-state index contributed by atoms with van der Waals surface area (Å²) in [6.45, 7) is 6.60. The van der Waals surface area contributed by atoms with Gasteiger partial charge in [-0.05, 0) is 17.9 Å². The van der Waals surface area contributed by atoms with Crippen molar-refractivity contribution in [2.24, 2.45) is 5.41 Å². The van der Waals surface area contributed by atoms with Crippen molar-refractivity contribution in [1.82, 2.24) is 15.1 Å². The molecule has 2 N–H and O–H groups in total. The van der Waals surface area contributed by atoms with Crippen molar-refractivity contribution in [3.05, 3.63) is 18.0 Å². The van der Waals surface area contributed by atoms with Crippen molar-refractivity contribution in [2.45, 2.75) is 40.2 Å². The summed E-state index contributed by atoms with van der Waals surface area (Å²) >= 11 is 0. The number of nitrogens with zero attached hydrogens (tertiary/aromatic N) is 2. The lowest BCUT2D eigenvalue weighted by atomic mass is 9.85. The van der Waals surface area contributed by atoms with Gasteiger partial charge in [-0.2, -0.15) is 5.10 Å². The van der Waals surface area contributed by atoms with Gasteiger partial charge in [0.25, 0.3) is 0 Å². The molecule has 1 heterocycles. The van der Waals surface area contributed by atoms with E-state index in [9.17, 15) is 9.59 Å². The van der Waals surface area contributed by atoms with Gasteiger partial charge >= 0.3 is 5.97 Å². The first-order valence-electron chi connectivity index (χ1n) is 6.26. The van der Waals surface area contributed by atoms with Gasteiger partial charge in [0.2, 0.25) is 5.91 Å². The average molecular weight is 267 g/mol. The van der Waals surface area contributed by atoms with Crippen LogP contribution in [0.1, 0.15) is 32.3 Å². The Kier molecular flexibility index (Phi) is 5.09. The molecule has 0 fully saturated rings. The SMILES string of the molecule is Cc1cnn(CCNC(=O)CC(C)(C)CC(=O)O)c1. The number of amides is 1. The van der Waals surface area contributed by atoms with Gasteiger partial charge in [-0.25, -0.2) is 0 Å². The summed E-state index contributed by atoms with van der Waals surface area (Å²) in [7, 11) is 0. The van der Waals surface area contributed by atoms with Crippen LogP contribution in [0, 0.1) is 12.3 Å². The second-order valence-corrected chi connectivity index (χ2v) is 5.54. The highest BCUT2D eigenvalue weighted by atomic mass is 16.4. The second-order valence-electron chi connectivity index (χ2n) is 5.54. The third-order valence-electron chi connectivity index (χ3n) is 2.69. The first-order valence-corrected chi connectivity index (χ1v) is 6.26. The van der Waals surface area contributed by atoms with E-state index in [1.54, 1.807) is 24.7 Å². The van der Waals surface area contributed by atoms with Gasteiger partial charge in [-0.15, -0.1) is 0 Å². The smallest absolute Gasteiger partial charge is 0.303 e. The van der Waals surface area contributed by atoms with Gasteiger partial charge < -0.3 is 10.4 Å². The summed E-state index contributed by atoms with van der Waals surface area (Å²) in [5.41, 5.74) is 0.548. The zero-order valence-electron chi connectivity index (χ0n) is 11.6. The topological polar surface area (TPSA) is 84.2 Å². The molecule has 0 aliphatic carbocycles. The summed E-state index contributed by atoms with van der Waals surface area (Å²) in [5, 5.41) is 15.6. The number of aromatic nitrogens is 2. The second kappa shape index (κ2) is 6.36. The van der Waals surface area contributed by atoms with E-state index in [1.807, 2.05) is 13.1 Å². The predicted molar refractivity (Wildman–Crippen MR) is 70.6 cm³/mol. The van der Waals surface area contributed by atoms with Crippen LogP contribution in [0.3, 0.4) is 0 Å². The summed E-state index contributed by atoms with van der Waals surface area (Å²) in [6, 6.07) is 0. The van der Waals surface area contributed by atoms with E-state index in [4.69, 9.17) is 5.11 Å². The number of carbonyl (C=O) groups is 2.